The Morgan fingerprint density at radius 2 is 0.912 bits per heavy atom. The third kappa shape index (κ3) is 6.25. The zero-order chi connectivity index (χ0) is 24.5. The molecule has 0 unspecified atom stereocenters. The van der Waals surface area contributed by atoms with Gasteiger partial charge in [-0.2, -0.15) is 0 Å². The van der Waals surface area contributed by atoms with Gasteiger partial charge in [0.1, 0.15) is 13.5 Å². The summed E-state index contributed by atoms with van der Waals surface area (Å²) in [6.45, 7) is -0.956. The maximum atomic E-state index is 12.6. The molecule has 3 aromatic rings. The highest BCUT2D eigenvalue weighted by Crippen LogP contribution is 2.15. The Bertz CT molecular complexity index is 1100. The lowest BCUT2D eigenvalue weighted by Crippen LogP contribution is -2.24. The van der Waals surface area contributed by atoms with Gasteiger partial charge in [0.05, 0.1) is 0 Å². The first-order chi connectivity index (χ1) is 16.4. The van der Waals surface area contributed by atoms with Crippen LogP contribution in [0.4, 0.5) is 11.4 Å². The number of amides is 4. The largest absolute Gasteiger partial charge is 0.376 e. The summed E-state index contributed by atoms with van der Waals surface area (Å²) in [5.74, 6) is -1.77. The van der Waals surface area contributed by atoms with E-state index in [2.05, 4.69) is 21.3 Å². The SMILES string of the molecule is O=C(NCO)c1ccc(NC(=O)c2cccc(C(=O)Nc3ccc(C(=O)NCO)cc3)c2)cc1. The topological polar surface area (TPSA) is 157 Å². The molecule has 3 rings (SSSR count). The zero-order valence-electron chi connectivity index (χ0n) is 17.9. The lowest BCUT2D eigenvalue weighted by molar-refractivity contribution is 0.0900. The molecule has 174 valence electrons. The standard InChI is InChI=1S/C24H22N4O6/c29-13-25-21(31)15-4-8-19(9-5-15)27-23(33)17-2-1-3-18(12-17)24(34)28-20-10-6-16(7-11-20)22(32)26-14-30/h1-12,29-30H,13-14H2,(H,25,31)(H,26,32)(H,27,33)(H,28,34). The molecule has 0 fully saturated rings. The van der Waals surface area contributed by atoms with Gasteiger partial charge in [0, 0.05) is 33.6 Å². The van der Waals surface area contributed by atoms with Crippen LogP contribution in [0.1, 0.15) is 41.4 Å². The molecule has 0 spiro atoms. The summed E-state index contributed by atoms with van der Waals surface area (Å²) in [6, 6.07) is 18.3. The normalized spacial score (nSPS) is 10.2. The number of carbonyl (C=O) groups is 4. The fourth-order valence-corrected chi connectivity index (χ4v) is 2.97. The van der Waals surface area contributed by atoms with Crippen LogP contribution in [0.15, 0.2) is 72.8 Å². The van der Waals surface area contributed by atoms with Crippen molar-refractivity contribution >= 4 is 35.0 Å². The van der Waals surface area contributed by atoms with Crippen molar-refractivity contribution in [1.29, 1.82) is 0 Å². The van der Waals surface area contributed by atoms with Gasteiger partial charge in [-0.15, -0.1) is 0 Å². The number of aliphatic hydroxyl groups excluding tert-OH is 2. The van der Waals surface area contributed by atoms with Gasteiger partial charge in [0.25, 0.3) is 23.6 Å². The van der Waals surface area contributed by atoms with Crippen molar-refractivity contribution in [3.63, 3.8) is 0 Å². The van der Waals surface area contributed by atoms with E-state index in [1.165, 1.54) is 30.3 Å². The summed E-state index contributed by atoms with van der Waals surface area (Å²) in [5, 5.41) is 27.4. The molecular formula is C24H22N4O6. The van der Waals surface area contributed by atoms with E-state index in [0.717, 1.165) is 0 Å². The minimum Gasteiger partial charge on any atom is -0.376 e. The molecule has 0 aliphatic heterocycles. The molecule has 0 saturated heterocycles. The van der Waals surface area contributed by atoms with E-state index < -0.39 is 37.1 Å². The second kappa shape index (κ2) is 11.4. The van der Waals surface area contributed by atoms with E-state index in [9.17, 15) is 19.2 Å². The maximum Gasteiger partial charge on any atom is 0.255 e. The van der Waals surface area contributed by atoms with Crippen molar-refractivity contribution in [3.8, 4) is 0 Å². The van der Waals surface area contributed by atoms with E-state index in [-0.39, 0.29) is 11.1 Å². The zero-order valence-corrected chi connectivity index (χ0v) is 17.9. The van der Waals surface area contributed by atoms with Gasteiger partial charge in [-0.05, 0) is 66.7 Å². The molecule has 3 aromatic carbocycles. The minimum absolute atomic E-state index is 0.255. The first-order valence-electron chi connectivity index (χ1n) is 10.1. The Morgan fingerprint density at radius 3 is 1.26 bits per heavy atom. The lowest BCUT2D eigenvalue weighted by Gasteiger charge is -2.09. The van der Waals surface area contributed by atoms with E-state index in [1.54, 1.807) is 42.5 Å². The molecule has 0 aliphatic rings. The highest BCUT2D eigenvalue weighted by molar-refractivity contribution is 6.09. The number of benzene rings is 3. The van der Waals surface area contributed by atoms with Gasteiger partial charge in [-0.1, -0.05) is 6.07 Å². The van der Waals surface area contributed by atoms with Crippen LogP contribution in [-0.4, -0.2) is 47.3 Å². The second-order valence-corrected chi connectivity index (χ2v) is 6.97. The van der Waals surface area contributed by atoms with Crippen LogP contribution in [0, 0.1) is 0 Å². The first-order valence-corrected chi connectivity index (χ1v) is 10.1. The Hall–Kier alpha value is -4.54. The summed E-state index contributed by atoms with van der Waals surface area (Å²) in [6.07, 6.45) is 0. The van der Waals surface area contributed by atoms with Gasteiger partial charge in [0.2, 0.25) is 0 Å². The van der Waals surface area contributed by atoms with Crippen molar-refractivity contribution in [1.82, 2.24) is 10.6 Å². The highest BCUT2D eigenvalue weighted by Gasteiger charge is 2.12. The van der Waals surface area contributed by atoms with Crippen molar-refractivity contribution in [2.24, 2.45) is 0 Å². The molecule has 10 nitrogen and oxygen atoms in total. The first kappa shape index (κ1) is 24.1. The number of aliphatic hydroxyl groups is 2. The van der Waals surface area contributed by atoms with Crippen molar-refractivity contribution in [2.45, 2.75) is 0 Å². The molecule has 0 atom stereocenters. The van der Waals surface area contributed by atoms with Crippen LogP contribution in [-0.2, 0) is 0 Å². The van der Waals surface area contributed by atoms with Gasteiger partial charge in [-0.3, -0.25) is 19.2 Å². The van der Waals surface area contributed by atoms with E-state index >= 15 is 0 Å². The third-order valence-electron chi connectivity index (χ3n) is 4.68. The van der Waals surface area contributed by atoms with Gasteiger partial charge in [-0.25, -0.2) is 0 Å². The average Bonchev–Trinajstić information content (AvgIpc) is 2.85. The third-order valence-corrected chi connectivity index (χ3v) is 4.68. The van der Waals surface area contributed by atoms with Crippen LogP contribution < -0.4 is 21.3 Å². The molecule has 0 saturated carbocycles. The quantitative estimate of drug-likeness (QED) is 0.279. The molecule has 34 heavy (non-hydrogen) atoms. The predicted molar refractivity (Wildman–Crippen MR) is 124 cm³/mol. The van der Waals surface area contributed by atoms with E-state index in [0.29, 0.717) is 22.5 Å². The number of nitrogens with one attached hydrogen (secondary N) is 4. The van der Waals surface area contributed by atoms with Gasteiger partial charge in [0.15, 0.2) is 0 Å². The van der Waals surface area contributed by atoms with Crippen LogP contribution in [0.25, 0.3) is 0 Å². The maximum absolute atomic E-state index is 12.6. The molecule has 6 N–H and O–H groups in total. The van der Waals surface area contributed by atoms with Gasteiger partial charge >= 0.3 is 0 Å². The fraction of sp³-hybridized carbons (Fsp3) is 0.0833. The van der Waals surface area contributed by atoms with E-state index in [1.807, 2.05) is 0 Å². The molecule has 4 amide bonds. The molecule has 0 bridgehead atoms. The summed E-state index contributed by atoms with van der Waals surface area (Å²) < 4.78 is 0. The van der Waals surface area contributed by atoms with Crippen molar-refractivity contribution < 1.29 is 29.4 Å². The number of hydrogen-bond donors (Lipinski definition) is 6. The van der Waals surface area contributed by atoms with Crippen molar-refractivity contribution in [3.05, 3.63) is 95.1 Å². The number of carbonyl (C=O) groups excluding carboxylic acids is 4. The van der Waals surface area contributed by atoms with Crippen LogP contribution in [0.5, 0.6) is 0 Å². The number of rotatable bonds is 8. The Balaban J connectivity index is 1.64. The average molecular weight is 462 g/mol. The van der Waals surface area contributed by atoms with Crippen LogP contribution >= 0.6 is 0 Å². The van der Waals surface area contributed by atoms with Crippen LogP contribution in [0.2, 0.25) is 0 Å². The number of hydrogen-bond acceptors (Lipinski definition) is 6. The molecule has 0 radical (unpaired) electrons. The molecule has 0 aliphatic carbocycles. The second-order valence-electron chi connectivity index (χ2n) is 6.97. The van der Waals surface area contributed by atoms with Crippen molar-refractivity contribution in [2.75, 3.05) is 24.1 Å². The van der Waals surface area contributed by atoms with Crippen LogP contribution in [0.3, 0.4) is 0 Å². The van der Waals surface area contributed by atoms with Gasteiger partial charge < -0.3 is 31.5 Å². The Labute approximate surface area is 194 Å². The summed E-state index contributed by atoms with van der Waals surface area (Å²) >= 11 is 0. The minimum atomic E-state index is -0.478. The smallest absolute Gasteiger partial charge is 0.255 e. The Kier molecular flexibility index (Phi) is 8.06. The summed E-state index contributed by atoms with van der Waals surface area (Å²) in [5.41, 5.74) is 2.06. The molecule has 0 heterocycles. The number of anilines is 2. The lowest BCUT2D eigenvalue weighted by atomic mass is 10.1. The molecular weight excluding hydrogens is 440 g/mol. The molecule has 10 heteroatoms. The van der Waals surface area contributed by atoms with E-state index in [4.69, 9.17) is 10.2 Å². The summed E-state index contributed by atoms with van der Waals surface area (Å²) in [7, 11) is 0. The summed E-state index contributed by atoms with van der Waals surface area (Å²) in [4.78, 5) is 48.6. The molecule has 0 aromatic heterocycles. The monoisotopic (exact) mass is 462 g/mol. The Morgan fingerprint density at radius 1 is 0.529 bits per heavy atom. The highest BCUT2D eigenvalue weighted by atomic mass is 16.3. The fourth-order valence-electron chi connectivity index (χ4n) is 2.97. The predicted octanol–water partition coefficient (Wildman–Crippen LogP) is 1.55.